The van der Waals surface area contributed by atoms with Crippen LogP contribution in [0.25, 0.3) is 0 Å². The summed E-state index contributed by atoms with van der Waals surface area (Å²) in [6.45, 7) is -0.0271. The molecular formula is C26H33FN2O8S. The summed E-state index contributed by atoms with van der Waals surface area (Å²) in [6.07, 6.45) is 1.12. The van der Waals surface area contributed by atoms with E-state index in [1.54, 1.807) is 18.2 Å². The van der Waals surface area contributed by atoms with E-state index in [4.69, 9.17) is 18.9 Å². The van der Waals surface area contributed by atoms with Gasteiger partial charge in [0.2, 0.25) is 16.3 Å². The lowest BCUT2D eigenvalue weighted by molar-refractivity contribution is -0.146. The van der Waals surface area contributed by atoms with E-state index >= 15 is 0 Å². The molecule has 1 amide bonds. The summed E-state index contributed by atoms with van der Waals surface area (Å²) in [7, 11) is -0.909. The third kappa shape index (κ3) is 7.98. The predicted octanol–water partition coefficient (Wildman–Crippen LogP) is 2.01. The number of amides is 1. The molecule has 0 bridgehead atoms. The van der Waals surface area contributed by atoms with Crippen molar-refractivity contribution in [1.82, 2.24) is 9.62 Å². The molecule has 208 valence electrons. The first kappa shape index (κ1) is 29.5. The van der Waals surface area contributed by atoms with Crippen molar-refractivity contribution in [2.45, 2.75) is 23.5 Å². The number of hydrogen-bond donors (Lipinski definition) is 2. The number of halogens is 1. The second-order valence-corrected chi connectivity index (χ2v) is 10.3. The molecule has 0 fully saturated rings. The average molecular weight is 553 g/mol. The number of rotatable bonds is 14. The molecule has 0 aromatic heterocycles. The summed E-state index contributed by atoms with van der Waals surface area (Å²) in [5.41, 5.74) is 0.773. The van der Waals surface area contributed by atoms with Crippen molar-refractivity contribution in [1.29, 1.82) is 0 Å². The van der Waals surface area contributed by atoms with Crippen molar-refractivity contribution in [3.05, 3.63) is 71.7 Å². The van der Waals surface area contributed by atoms with Crippen LogP contribution in [0.1, 0.15) is 17.9 Å². The minimum Gasteiger partial charge on any atom is -0.497 e. The zero-order valence-corrected chi connectivity index (χ0v) is 22.2. The number of carbonyl (C=O) groups excluding carboxylic acids is 1. The quantitative estimate of drug-likeness (QED) is 0.341. The zero-order chi connectivity index (χ0) is 27.5. The molecule has 10 nitrogen and oxygen atoms in total. The minimum atomic E-state index is -3.91. The Morgan fingerprint density at radius 3 is 2.45 bits per heavy atom. The van der Waals surface area contributed by atoms with Crippen molar-refractivity contribution in [2.75, 3.05) is 53.7 Å². The van der Waals surface area contributed by atoms with Gasteiger partial charge < -0.3 is 29.4 Å². The van der Waals surface area contributed by atoms with Crippen LogP contribution in [0.15, 0.2) is 65.3 Å². The van der Waals surface area contributed by atoms with Crippen LogP contribution in [0.3, 0.4) is 0 Å². The van der Waals surface area contributed by atoms with E-state index in [2.05, 4.69) is 5.32 Å². The van der Waals surface area contributed by atoms with Gasteiger partial charge in [-0.25, -0.2) is 12.8 Å². The van der Waals surface area contributed by atoms with E-state index in [9.17, 15) is 22.7 Å². The maximum atomic E-state index is 13.5. The van der Waals surface area contributed by atoms with Crippen molar-refractivity contribution >= 4 is 15.9 Å². The molecule has 0 unspecified atom stereocenters. The Hall–Kier alpha value is -3.03. The second-order valence-electron chi connectivity index (χ2n) is 8.39. The maximum absolute atomic E-state index is 13.5. The summed E-state index contributed by atoms with van der Waals surface area (Å²) >= 11 is 0. The van der Waals surface area contributed by atoms with Gasteiger partial charge in [-0.1, -0.05) is 12.1 Å². The number of allylic oxidation sites excluding steroid dienone is 1. The third-order valence-electron chi connectivity index (χ3n) is 5.86. The van der Waals surface area contributed by atoms with Gasteiger partial charge in [-0.2, -0.15) is 4.31 Å². The Labute approximate surface area is 222 Å². The van der Waals surface area contributed by atoms with Crippen LogP contribution in [0, 0.1) is 5.82 Å². The summed E-state index contributed by atoms with van der Waals surface area (Å²) in [5, 5.41) is 12.2. The van der Waals surface area contributed by atoms with Gasteiger partial charge in [-0.3, -0.25) is 4.79 Å². The Morgan fingerprint density at radius 2 is 1.82 bits per heavy atom. The number of sulfonamides is 1. The van der Waals surface area contributed by atoms with Gasteiger partial charge >= 0.3 is 0 Å². The fourth-order valence-electron chi connectivity index (χ4n) is 3.86. The van der Waals surface area contributed by atoms with Crippen molar-refractivity contribution < 1.29 is 41.7 Å². The highest BCUT2D eigenvalue weighted by atomic mass is 32.2. The van der Waals surface area contributed by atoms with E-state index in [1.165, 1.54) is 50.6 Å². The highest BCUT2D eigenvalue weighted by Gasteiger charge is 2.30. The van der Waals surface area contributed by atoms with Gasteiger partial charge in [0.1, 0.15) is 11.6 Å². The summed E-state index contributed by atoms with van der Waals surface area (Å²) in [6, 6.07) is 11.9. The van der Waals surface area contributed by atoms with Crippen molar-refractivity contribution in [3.63, 3.8) is 0 Å². The third-order valence-corrected chi connectivity index (χ3v) is 7.77. The fraction of sp³-hybridized carbons (Fsp3) is 0.423. The highest BCUT2D eigenvalue weighted by Crippen LogP contribution is 2.31. The molecule has 0 saturated carbocycles. The Morgan fingerprint density at radius 1 is 1.11 bits per heavy atom. The lowest BCUT2D eigenvalue weighted by atomic mass is 9.93. The van der Waals surface area contributed by atoms with Crippen LogP contribution in [-0.2, 0) is 29.0 Å². The molecule has 3 rings (SSSR count). The number of nitrogens with one attached hydrogen (secondary N) is 1. The SMILES string of the molecule is COCCNC(=O)C1=C[C@H](c2ccc(F)cc2)C[C@H](OCCN(CCO)S(=O)(=O)c2ccc(OC)cc2)O1. The Balaban J connectivity index is 1.70. The van der Waals surface area contributed by atoms with Crippen molar-refractivity contribution in [3.8, 4) is 5.75 Å². The number of benzene rings is 2. The average Bonchev–Trinajstić information content (AvgIpc) is 2.93. The van der Waals surface area contributed by atoms with E-state index in [1.807, 2.05) is 0 Å². The number of aliphatic hydroxyl groups excluding tert-OH is 1. The molecule has 0 radical (unpaired) electrons. The van der Waals surface area contributed by atoms with Crippen LogP contribution in [-0.4, -0.2) is 83.7 Å². The monoisotopic (exact) mass is 552 g/mol. The molecule has 0 spiro atoms. The molecule has 2 aromatic rings. The number of nitrogens with zero attached hydrogens (tertiary/aromatic N) is 1. The molecule has 0 aliphatic carbocycles. The van der Waals surface area contributed by atoms with Gasteiger partial charge in [0.05, 0.1) is 31.8 Å². The van der Waals surface area contributed by atoms with Gasteiger partial charge in [0.25, 0.3) is 5.91 Å². The lowest BCUT2D eigenvalue weighted by Crippen LogP contribution is -2.38. The van der Waals surface area contributed by atoms with Gasteiger partial charge in [-0.05, 0) is 48.0 Å². The normalized spacial score (nSPS) is 17.6. The topological polar surface area (TPSA) is 124 Å². The Kier molecular flexibility index (Phi) is 11.0. The molecule has 38 heavy (non-hydrogen) atoms. The first-order chi connectivity index (χ1) is 18.3. The van der Waals surface area contributed by atoms with E-state index < -0.39 is 22.2 Å². The number of methoxy groups -OCH3 is 2. The van der Waals surface area contributed by atoms with Gasteiger partial charge in [0.15, 0.2) is 5.76 Å². The molecule has 1 aliphatic heterocycles. The maximum Gasteiger partial charge on any atom is 0.286 e. The zero-order valence-electron chi connectivity index (χ0n) is 21.3. The molecule has 12 heteroatoms. The van der Waals surface area contributed by atoms with Gasteiger partial charge in [0, 0.05) is 39.1 Å². The number of hydrogen-bond acceptors (Lipinski definition) is 8. The first-order valence-corrected chi connectivity index (χ1v) is 13.5. The van der Waals surface area contributed by atoms with Crippen LogP contribution >= 0.6 is 0 Å². The van der Waals surface area contributed by atoms with E-state index in [-0.39, 0.29) is 55.2 Å². The van der Waals surface area contributed by atoms with Crippen LogP contribution < -0.4 is 10.1 Å². The van der Waals surface area contributed by atoms with E-state index in [0.29, 0.717) is 18.8 Å². The lowest BCUT2D eigenvalue weighted by Gasteiger charge is -2.30. The Bertz CT molecular complexity index is 1170. The molecule has 0 saturated heterocycles. The predicted molar refractivity (Wildman–Crippen MR) is 136 cm³/mol. The summed E-state index contributed by atoms with van der Waals surface area (Å²) in [4.78, 5) is 12.7. The standard InChI is InChI=1S/C26H33FN2O8S/c1-34-15-11-28-26(31)24-17-20(19-3-5-21(27)6-4-19)18-25(37-24)36-16-13-29(12-14-30)38(32,33)23-9-7-22(35-2)8-10-23/h3-10,17,20,25,30H,11-16,18H2,1-2H3,(H,28,31)/t20-,25+/m0/s1. The molecule has 2 atom stereocenters. The molecule has 1 aliphatic rings. The fourth-order valence-corrected chi connectivity index (χ4v) is 5.28. The molecule has 2 aromatic carbocycles. The van der Waals surface area contributed by atoms with E-state index in [0.717, 1.165) is 9.87 Å². The highest BCUT2D eigenvalue weighted by molar-refractivity contribution is 7.89. The number of ether oxygens (including phenoxy) is 4. The first-order valence-electron chi connectivity index (χ1n) is 12.1. The smallest absolute Gasteiger partial charge is 0.286 e. The van der Waals surface area contributed by atoms with Crippen LogP contribution in [0.5, 0.6) is 5.75 Å². The largest absolute Gasteiger partial charge is 0.497 e. The second kappa shape index (κ2) is 14.2. The van der Waals surface area contributed by atoms with Crippen molar-refractivity contribution in [2.24, 2.45) is 0 Å². The molecular weight excluding hydrogens is 519 g/mol. The molecule has 2 N–H and O–H groups in total. The minimum absolute atomic E-state index is 0.0461. The summed E-state index contributed by atoms with van der Waals surface area (Å²) < 4.78 is 62.5. The van der Waals surface area contributed by atoms with Crippen LogP contribution in [0.2, 0.25) is 0 Å². The van der Waals surface area contributed by atoms with Crippen LogP contribution in [0.4, 0.5) is 4.39 Å². The number of aliphatic hydroxyl groups is 1. The number of carbonyl (C=O) groups is 1. The van der Waals surface area contributed by atoms with Gasteiger partial charge in [-0.15, -0.1) is 0 Å². The summed E-state index contributed by atoms with van der Waals surface area (Å²) in [5.74, 6) is -0.566. The molecule has 1 heterocycles.